The Balaban J connectivity index is 2.12. The molecule has 0 radical (unpaired) electrons. The summed E-state index contributed by atoms with van der Waals surface area (Å²) < 4.78 is 11.5. The van der Waals surface area contributed by atoms with Crippen molar-refractivity contribution in [3.63, 3.8) is 0 Å². The first-order chi connectivity index (χ1) is 9.63. The number of nitrogens with one attached hydrogen (secondary N) is 1. The van der Waals surface area contributed by atoms with E-state index in [9.17, 15) is 0 Å². The molecule has 0 heterocycles. The molecule has 2 rings (SSSR count). The van der Waals surface area contributed by atoms with E-state index in [0.29, 0.717) is 17.3 Å². The zero-order chi connectivity index (χ0) is 14.5. The van der Waals surface area contributed by atoms with E-state index in [1.807, 2.05) is 36.4 Å². The molecule has 0 aliphatic rings. The lowest BCUT2D eigenvalue weighted by Crippen LogP contribution is -2.01. The molecular formula is C15H15BrClNO2. The molecule has 0 aromatic heterocycles. The Morgan fingerprint density at radius 2 is 1.75 bits per heavy atom. The highest BCUT2D eigenvalue weighted by Crippen LogP contribution is 2.29. The summed E-state index contributed by atoms with van der Waals surface area (Å²) in [6, 6.07) is 11.5. The number of hydrogen-bond donors (Lipinski definition) is 1. The Labute approximate surface area is 132 Å². The van der Waals surface area contributed by atoms with Crippen LogP contribution in [0.15, 0.2) is 40.9 Å². The van der Waals surface area contributed by atoms with Crippen molar-refractivity contribution >= 4 is 33.2 Å². The number of methoxy groups -OCH3 is 2. The molecule has 1 N–H and O–H groups in total. The quantitative estimate of drug-likeness (QED) is 0.840. The molecule has 2 aromatic rings. The minimum atomic E-state index is 0.605. The van der Waals surface area contributed by atoms with Crippen LogP contribution >= 0.6 is 27.5 Å². The van der Waals surface area contributed by atoms with Gasteiger partial charge in [-0.1, -0.05) is 33.6 Å². The van der Waals surface area contributed by atoms with Crippen molar-refractivity contribution < 1.29 is 9.47 Å². The van der Waals surface area contributed by atoms with E-state index >= 15 is 0 Å². The summed E-state index contributed by atoms with van der Waals surface area (Å²) in [4.78, 5) is 0. The number of hydrogen-bond acceptors (Lipinski definition) is 3. The average molecular weight is 357 g/mol. The maximum Gasteiger partial charge on any atom is 0.142 e. The van der Waals surface area contributed by atoms with E-state index in [1.54, 1.807) is 14.2 Å². The first kappa shape index (κ1) is 15.0. The normalized spacial score (nSPS) is 10.2. The van der Waals surface area contributed by atoms with Gasteiger partial charge in [0.15, 0.2) is 0 Å². The van der Waals surface area contributed by atoms with Crippen molar-refractivity contribution in [2.24, 2.45) is 0 Å². The predicted octanol–water partition coefficient (Wildman–Crippen LogP) is 4.73. The van der Waals surface area contributed by atoms with E-state index in [1.165, 1.54) is 0 Å². The number of rotatable bonds is 5. The van der Waals surface area contributed by atoms with Crippen LogP contribution in [0.4, 0.5) is 5.69 Å². The van der Waals surface area contributed by atoms with Crippen LogP contribution in [0.25, 0.3) is 0 Å². The van der Waals surface area contributed by atoms with Crippen LogP contribution in [-0.2, 0) is 6.54 Å². The van der Waals surface area contributed by atoms with Gasteiger partial charge in [0.05, 0.1) is 24.9 Å². The van der Waals surface area contributed by atoms with Crippen molar-refractivity contribution in [3.8, 4) is 11.5 Å². The van der Waals surface area contributed by atoms with Crippen molar-refractivity contribution in [2.45, 2.75) is 6.54 Å². The van der Waals surface area contributed by atoms with Crippen LogP contribution in [0.2, 0.25) is 5.02 Å². The molecule has 2 aromatic carbocycles. The lowest BCUT2D eigenvalue weighted by atomic mass is 10.2. The van der Waals surface area contributed by atoms with Crippen molar-refractivity contribution in [1.82, 2.24) is 0 Å². The zero-order valence-corrected chi connectivity index (χ0v) is 13.6. The third-order valence-electron chi connectivity index (χ3n) is 2.86. The molecule has 0 atom stereocenters. The minimum Gasteiger partial charge on any atom is -0.495 e. The second-order valence-corrected chi connectivity index (χ2v) is 5.49. The molecule has 0 aliphatic carbocycles. The van der Waals surface area contributed by atoms with Crippen LogP contribution in [0, 0.1) is 0 Å². The molecule has 0 unspecified atom stereocenters. The van der Waals surface area contributed by atoms with Gasteiger partial charge in [-0.25, -0.2) is 0 Å². The fourth-order valence-electron chi connectivity index (χ4n) is 1.84. The second kappa shape index (κ2) is 6.86. The Bertz CT molecular complexity index is 604. The molecule has 106 valence electrons. The van der Waals surface area contributed by atoms with Crippen molar-refractivity contribution in [2.75, 3.05) is 19.5 Å². The highest BCUT2D eigenvalue weighted by Gasteiger charge is 2.05. The fourth-order valence-corrected chi connectivity index (χ4v) is 2.48. The maximum atomic E-state index is 6.11. The standard InChI is InChI=1S/C15H15BrClNO2/c1-19-14-5-3-10(7-12(14)17)9-18-13-8-11(16)4-6-15(13)20-2/h3-8,18H,9H2,1-2H3. The van der Waals surface area contributed by atoms with Crippen LogP contribution in [-0.4, -0.2) is 14.2 Å². The lowest BCUT2D eigenvalue weighted by molar-refractivity contribution is 0.415. The van der Waals surface area contributed by atoms with E-state index in [2.05, 4.69) is 21.2 Å². The van der Waals surface area contributed by atoms with Gasteiger partial charge in [0.1, 0.15) is 11.5 Å². The van der Waals surface area contributed by atoms with Gasteiger partial charge in [-0.3, -0.25) is 0 Å². The molecule has 3 nitrogen and oxygen atoms in total. The van der Waals surface area contributed by atoms with E-state index in [0.717, 1.165) is 21.5 Å². The lowest BCUT2D eigenvalue weighted by Gasteiger charge is -2.12. The fraction of sp³-hybridized carbons (Fsp3) is 0.200. The Kier molecular flexibility index (Phi) is 5.15. The summed E-state index contributed by atoms with van der Waals surface area (Å²) in [6.45, 7) is 0.649. The van der Waals surface area contributed by atoms with Gasteiger partial charge in [0.2, 0.25) is 0 Å². The van der Waals surface area contributed by atoms with Crippen LogP contribution in [0.1, 0.15) is 5.56 Å². The van der Waals surface area contributed by atoms with Crippen LogP contribution in [0.3, 0.4) is 0 Å². The van der Waals surface area contributed by atoms with Gasteiger partial charge in [0.25, 0.3) is 0 Å². The summed E-state index contributed by atoms with van der Waals surface area (Å²) >= 11 is 9.56. The molecule has 0 bridgehead atoms. The van der Waals surface area contributed by atoms with E-state index in [-0.39, 0.29) is 0 Å². The van der Waals surface area contributed by atoms with E-state index < -0.39 is 0 Å². The van der Waals surface area contributed by atoms with Crippen LogP contribution in [0.5, 0.6) is 11.5 Å². The number of halogens is 2. The Morgan fingerprint density at radius 3 is 2.40 bits per heavy atom. The molecule has 0 saturated heterocycles. The Morgan fingerprint density at radius 1 is 1.05 bits per heavy atom. The highest BCUT2D eigenvalue weighted by atomic mass is 79.9. The molecule has 5 heteroatoms. The van der Waals surface area contributed by atoms with Gasteiger partial charge in [-0.05, 0) is 35.9 Å². The van der Waals surface area contributed by atoms with Gasteiger partial charge in [-0.2, -0.15) is 0 Å². The summed E-state index contributed by atoms with van der Waals surface area (Å²) in [5.41, 5.74) is 1.99. The predicted molar refractivity (Wildman–Crippen MR) is 86.0 cm³/mol. The molecule has 0 aliphatic heterocycles. The molecule has 0 amide bonds. The topological polar surface area (TPSA) is 30.5 Å². The van der Waals surface area contributed by atoms with Crippen LogP contribution < -0.4 is 14.8 Å². The SMILES string of the molecule is COc1ccc(CNc2cc(Br)ccc2OC)cc1Cl. The summed E-state index contributed by atoms with van der Waals surface area (Å²) in [5.74, 6) is 1.48. The van der Waals surface area contributed by atoms with Crippen molar-refractivity contribution in [1.29, 1.82) is 0 Å². The van der Waals surface area contributed by atoms with Gasteiger partial charge in [0, 0.05) is 11.0 Å². The van der Waals surface area contributed by atoms with Gasteiger partial charge >= 0.3 is 0 Å². The molecule has 20 heavy (non-hydrogen) atoms. The van der Waals surface area contributed by atoms with Crippen molar-refractivity contribution in [3.05, 3.63) is 51.5 Å². The summed E-state index contributed by atoms with van der Waals surface area (Å²) in [7, 11) is 3.25. The number of benzene rings is 2. The third-order valence-corrected chi connectivity index (χ3v) is 3.65. The second-order valence-electron chi connectivity index (χ2n) is 4.17. The average Bonchev–Trinajstić information content (AvgIpc) is 2.45. The van der Waals surface area contributed by atoms with Gasteiger partial charge < -0.3 is 14.8 Å². The first-order valence-electron chi connectivity index (χ1n) is 6.04. The summed E-state index contributed by atoms with van der Waals surface area (Å²) in [5, 5.41) is 3.94. The molecule has 0 saturated carbocycles. The third kappa shape index (κ3) is 3.58. The maximum absolute atomic E-state index is 6.11. The number of ether oxygens (including phenoxy) is 2. The first-order valence-corrected chi connectivity index (χ1v) is 7.21. The smallest absolute Gasteiger partial charge is 0.142 e. The minimum absolute atomic E-state index is 0.605. The zero-order valence-electron chi connectivity index (χ0n) is 11.2. The highest BCUT2D eigenvalue weighted by molar-refractivity contribution is 9.10. The monoisotopic (exact) mass is 355 g/mol. The molecule has 0 fully saturated rings. The summed E-state index contributed by atoms with van der Waals surface area (Å²) in [6.07, 6.45) is 0. The molecule has 0 spiro atoms. The number of anilines is 1. The molecular weight excluding hydrogens is 342 g/mol. The van der Waals surface area contributed by atoms with E-state index in [4.69, 9.17) is 21.1 Å². The Hall–Kier alpha value is -1.39. The van der Waals surface area contributed by atoms with Gasteiger partial charge in [-0.15, -0.1) is 0 Å². The largest absolute Gasteiger partial charge is 0.495 e.